The summed E-state index contributed by atoms with van der Waals surface area (Å²) < 4.78 is 5.63. The van der Waals surface area contributed by atoms with Crippen LogP contribution in [0.25, 0.3) is 0 Å². The van der Waals surface area contributed by atoms with E-state index >= 15 is 0 Å². The van der Waals surface area contributed by atoms with Crippen molar-refractivity contribution in [1.82, 2.24) is 10.2 Å². The first kappa shape index (κ1) is 25.3. The summed E-state index contributed by atoms with van der Waals surface area (Å²) in [7, 11) is 0. The number of amides is 2. The normalized spacial score (nSPS) is 11.6. The minimum absolute atomic E-state index is 0.184. The van der Waals surface area contributed by atoms with Crippen molar-refractivity contribution in [3.05, 3.63) is 63.1 Å². The molecular formula is C23H27Cl3N2O3. The van der Waals surface area contributed by atoms with Crippen LogP contribution in [0.3, 0.4) is 0 Å². The van der Waals surface area contributed by atoms with Crippen molar-refractivity contribution >= 4 is 46.6 Å². The maximum absolute atomic E-state index is 13.1. The summed E-state index contributed by atoms with van der Waals surface area (Å²) in [5, 5.41) is 4.32. The average Bonchev–Trinajstić information content (AvgIpc) is 2.75. The largest absolute Gasteiger partial charge is 0.484 e. The monoisotopic (exact) mass is 484 g/mol. The van der Waals surface area contributed by atoms with Gasteiger partial charge in [0.1, 0.15) is 11.8 Å². The third-order valence-electron chi connectivity index (χ3n) is 4.73. The number of carbonyl (C=O) groups is 2. The predicted octanol–water partition coefficient (Wildman–Crippen LogP) is 5.75. The zero-order chi connectivity index (χ0) is 22.8. The molecule has 0 aliphatic heterocycles. The SMILES string of the molecule is CCCCNC(=O)[C@H](CC)N(Cc1ccc(Cl)c(Cl)c1)C(=O)COc1ccc(Cl)cc1. The van der Waals surface area contributed by atoms with Gasteiger partial charge in [-0.15, -0.1) is 0 Å². The van der Waals surface area contributed by atoms with Gasteiger partial charge in [0, 0.05) is 18.1 Å². The summed E-state index contributed by atoms with van der Waals surface area (Å²) in [5.74, 6) is 0.0297. The zero-order valence-electron chi connectivity index (χ0n) is 17.7. The number of ether oxygens (including phenoxy) is 1. The minimum atomic E-state index is -0.632. The number of rotatable bonds is 11. The lowest BCUT2D eigenvalue weighted by Crippen LogP contribution is -2.50. The highest BCUT2D eigenvalue weighted by Gasteiger charge is 2.29. The summed E-state index contributed by atoms with van der Waals surface area (Å²) in [5.41, 5.74) is 0.772. The lowest BCUT2D eigenvalue weighted by molar-refractivity contribution is -0.143. The van der Waals surface area contributed by atoms with Crippen LogP contribution in [-0.4, -0.2) is 35.9 Å². The summed E-state index contributed by atoms with van der Waals surface area (Å²) in [6.07, 6.45) is 2.31. The van der Waals surface area contributed by atoms with Crippen molar-refractivity contribution in [2.75, 3.05) is 13.2 Å². The highest BCUT2D eigenvalue weighted by Crippen LogP contribution is 2.24. The summed E-state index contributed by atoms with van der Waals surface area (Å²) in [6, 6.07) is 11.3. The second-order valence-corrected chi connectivity index (χ2v) is 8.33. The summed E-state index contributed by atoms with van der Waals surface area (Å²) in [4.78, 5) is 27.4. The van der Waals surface area contributed by atoms with Crippen LogP contribution >= 0.6 is 34.8 Å². The second-order valence-electron chi connectivity index (χ2n) is 7.08. The lowest BCUT2D eigenvalue weighted by Gasteiger charge is -2.30. The Labute approximate surface area is 198 Å². The predicted molar refractivity (Wildman–Crippen MR) is 126 cm³/mol. The Kier molecular flexibility index (Phi) is 10.4. The van der Waals surface area contributed by atoms with Crippen molar-refractivity contribution < 1.29 is 14.3 Å². The molecule has 5 nitrogen and oxygen atoms in total. The highest BCUT2D eigenvalue weighted by atomic mass is 35.5. The molecule has 0 aliphatic rings. The summed E-state index contributed by atoms with van der Waals surface area (Å²) in [6.45, 7) is 4.50. The molecule has 0 saturated heterocycles. The Morgan fingerprint density at radius 3 is 2.35 bits per heavy atom. The molecule has 1 N–H and O–H groups in total. The molecule has 0 radical (unpaired) electrons. The van der Waals surface area contributed by atoms with Crippen LogP contribution < -0.4 is 10.1 Å². The van der Waals surface area contributed by atoms with E-state index in [1.54, 1.807) is 42.5 Å². The molecule has 2 aromatic rings. The van der Waals surface area contributed by atoms with Gasteiger partial charge in [-0.1, -0.05) is 61.1 Å². The van der Waals surface area contributed by atoms with Crippen molar-refractivity contribution in [1.29, 1.82) is 0 Å². The van der Waals surface area contributed by atoms with Crippen LogP contribution in [0.2, 0.25) is 15.1 Å². The molecule has 2 rings (SSSR count). The molecule has 0 aromatic heterocycles. The fourth-order valence-electron chi connectivity index (χ4n) is 3.02. The van der Waals surface area contributed by atoms with Crippen LogP contribution in [0, 0.1) is 0 Å². The molecule has 0 bridgehead atoms. The van der Waals surface area contributed by atoms with Crippen molar-refractivity contribution in [2.24, 2.45) is 0 Å². The number of hydrogen-bond donors (Lipinski definition) is 1. The number of carbonyl (C=O) groups excluding carboxylic acids is 2. The Morgan fingerprint density at radius 1 is 1.03 bits per heavy atom. The van der Waals surface area contributed by atoms with Crippen molar-refractivity contribution in [3.8, 4) is 5.75 Å². The quantitative estimate of drug-likeness (QED) is 0.412. The smallest absolute Gasteiger partial charge is 0.261 e. The van der Waals surface area contributed by atoms with Gasteiger partial charge in [-0.3, -0.25) is 9.59 Å². The van der Waals surface area contributed by atoms with E-state index in [4.69, 9.17) is 39.5 Å². The molecule has 168 valence electrons. The fourth-order valence-corrected chi connectivity index (χ4v) is 3.47. The number of nitrogens with one attached hydrogen (secondary N) is 1. The molecule has 0 aliphatic carbocycles. The van der Waals surface area contributed by atoms with Crippen molar-refractivity contribution in [3.63, 3.8) is 0 Å². The molecule has 2 aromatic carbocycles. The van der Waals surface area contributed by atoms with Crippen LogP contribution in [0.15, 0.2) is 42.5 Å². The molecule has 0 saturated carbocycles. The van der Waals surface area contributed by atoms with E-state index in [0.29, 0.717) is 33.8 Å². The number of benzene rings is 2. The van der Waals surface area contributed by atoms with Crippen LogP contribution in [0.5, 0.6) is 5.75 Å². The molecule has 8 heteroatoms. The van der Waals surface area contributed by atoms with E-state index in [9.17, 15) is 9.59 Å². The molecule has 0 heterocycles. The van der Waals surface area contributed by atoms with E-state index in [2.05, 4.69) is 12.2 Å². The Bertz CT molecular complexity index is 875. The van der Waals surface area contributed by atoms with Crippen LogP contribution in [-0.2, 0) is 16.1 Å². The van der Waals surface area contributed by atoms with E-state index in [1.165, 1.54) is 4.90 Å². The number of halogens is 3. The number of hydrogen-bond acceptors (Lipinski definition) is 3. The van der Waals surface area contributed by atoms with Gasteiger partial charge in [-0.05, 0) is 54.8 Å². The maximum Gasteiger partial charge on any atom is 0.261 e. The van der Waals surface area contributed by atoms with Crippen LogP contribution in [0.4, 0.5) is 0 Å². The third kappa shape index (κ3) is 7.91. The van der Waals surface area contributed by atoms with E-state index in [1.807, 2.05) is 6.92 Å². The number of unbranched alkanes of at least 4 members (excludes halogenated alkanes) is 1. The summed E-state index contributed by atoms with van der Waals surface area (Å²) >= 11 is 18.0. The first-order valence-corrected chi connectivity index (χ1v) is 11.4. The highest BCUT2D eigenvalue weighted by molar-refractivity contribution is 6.42. The molecule has 0 unspecified atom stereocenters. The molecule has 0 spiro atoms. The van der Waals surface area contributed by atoms with E-state index in [-0.39, 0.29) is 25.0 Å². The molecule has 31 heavy (non-hydrogen) atoms. The number of nitrogens with zero attached hydrogens (tertiary/aromatic N) is 1. The van der Waals surface area contributed by atoms with E-state index in [0.717, 1.165) is 18.4 Å². The molecule has 2 amide bonds. The Balaban J connectivity index is 2.19. The second kappa shape index (κ2) is 12.8. The minimum Gasteiger partial charge on any atom is -0.484 e. The van der Waals surface area contributed by atoms with Gasteiger partial charge in [0.15, 0.2) is 6.61 Å². The topological polar surface area (TPSA) is 58.6 Å². The van der Waals surface area contributed by atoms with E-state index < -0.39 is 6.04 Å². The molecule has 1 atom stereocenters. The first-order chi connectivity index (χ1) is 14.8. The molecular weight excluding hydrogens is 459 g/mol. The van der Waals surface area contributed by atoms with Crippen LogP contribution in [0.1, 0.15) is 38.7 Å². The molecule has 0 fully saturated rings. The van der Waals surface area contributed by atoms with Gasteiger partial charge >= 0.3 is 0 Å². The zero-order valence-corrected chi connectivity index (χ0v) is 19.9. The lowest BCUT2D eigenvalue weighted by atomic mass is 10.1. The Hall–Kier alpha value is -1.95. The first-order valence-electron chi connectivity index (χ1n) is 10.2. The van der Waals surface area contributed by atoms with Gasteiger partial charge in [0.2, 0.25) is 5.91 Å². The maximum atomic E-state index is 13.1. The van der Waals surface area contributed by atoms with Gasteiger partial charge in [0.05, 0.1) is 10.0 Å². The average molecular weight is 486 g/mol. The third-order valence-corrected chi connectivity index (χ3v) is 5.72. The van der Waals surface area contributed by atoms with Gasteiger partial charge < -0.3 is 15.0 Å². The van der Waals surface area contributed by atoms with Gasteiger partial charge in [-0.2, -0.15) is 0 Å². The van der Waals surface area contributed by atoms with Crippen molar-refractivity contribution in [2.45, 2.75) is 45.7 Å². The van der Waals surface area contributed by atoms with Gasteiger partial charge in [0.25, 0.3) is 5.91 Å². The Morgan fingerprint density at radius 2 is 1.74 bits per heavy atom. The standard InChI is InChI=1S/C23H27Cl3N2O3/c1-3-5-12-27-23(30)21(4-2)28(14-16-6-11-19(25)20(26)13-16)22(29)15-31-18-9-7-17(24)8-10-18/h6-11,13,21H,3-5,12,14-15H2,1-2H3,(H,27,30)/t21-/m0/s1. The van der Waals surface area contributed by atoms with Gasteiger partial charge in [-0.25, -0.2) is 0 Å². The fraction of sp³-hybridized carbons (Fsp3) is 0.391.